The smallest absolute Gasteiger partial charge is 0.222 e. The van der Waals surface area contributed by atoms with E-state index in [1.807, 2.05) is 58.0 Å². The van der Waals surface area contributed by atoms with E-state index in [4.69, 9.17) is 5.73 Å². The normalized spacial score (nSPS) is 13.5. The van der Waals surface area contributed by atoms with Gasteiger partial charge in [0.05, 0.1) is 12.5 Å². The number of hydrogen-bond donors (Lipinski definition) is 3. The van der Waals surface area contributed by atoms with Gasteiger partial charge in [0.1, 0.15) is 0 Å². The molecule has 150 valence electrons. The Bertz CT molecular complexity index is 623. The molecule has 2 atom stereocenters. The van der Waals surface area contributed by atoms with Crippen LogP contribution in [0, 0.1) is 5.92 Å². The molecule has 0 heterocycles. The Balaban J connectivity index is 2.69. The van der Waals surface area contributed by atoms with Crippen LogP contribution in [0.25, 0.3) is 0 Å². The Kier molecular flexibility index (Phi) is 9.15. The van der Waals surface area contributed by atoms with E-state index >= 15 is 0 Å². The topological polar surface area (TPSA) is 101 Å². The molecular weight excluding hydrogens is 342 g/mol. The van der Waals surface area contributed by atoms with Crippen molar-refractivity contribution in [1.29, 1.82) is 0 Å². The lowest BCUT2D eigenvalue weighted by Crippen LogP contribution is -2.48. The van der Waals surface area contributed by atoms with Crippen molar-refractivity contribution in [3.63, 3.8) is 0 Å². The Hall–Kier alpha value is -2.21. The second-order valence-corrected chi connectivity index (χ2v) is 8.12. The van der Waals surface area contributed by atoms with E-state index in [9.17, 15) is 14.4 Å². The third kappa shape index (κ3) is 9.89. The Morgan fingerprint density at radius 3 is 2.22 bits per heavy atom. The quantitative estimate of drug-likeness (QED) is 0.582. The number of aryl methyl sites for hydroxylation is 1. The molecule has 0 saturated carbocycles. The number of carbonyl (C=O) groups is 3. The number of benzene rings is 1. The van der Waals surface area contributed by atoms with E-state index in [0.29, 0.717) is 13.0 Å². The Labute approximate surface area is 162 Å². The van der Waals surface area contributed by atoms with E-state index in [1.165, 1.54) is 0 Å². The average Bonchev–Trinajstić information content (AvgIpc) is 2.58. The average molecular weight is 376 g/mol. The van der Waals surface area contributed by atoms with Crippen LogP contribution >= 0.6 is 0 Å². The summed E-state index contributed by atoms with van der Waals surface area (Å²) in [7, 11) is 0. The second kappa shape index (κ2) is 10.8. The first-order chi connectivity index (χ1) is 12.6. The van der Waals surface area contributed by atoms with Crippen molar-refractivity contribution in [2.75, 3.05) is 6.54 Å². The van der Waals surface area contributed by atoms with E-state index in [-0.39, 0.29) is 42.8 Å². The largest absolute Gasteiger partial charge is 0.351 e. The molecular formula is C21H33N3O3. The molecule has 6 heteroatoms. The zero-order valence-corrected chi connectivity index (χ0v) is 16.9. The van der Waals surface area contributed by atoms with Crippen LogP contribution in [0.4, 0.5) is 0 Å². The van der Waals surface area contributed by atoms with Crippen molar-refractivity contribution in [2.24, 2.45) is 11.7 Å². The van der Waals surface area contributed by atoms with Gasteiger partial charge in [0.2, 0.25) is 11.8 Å². The molecule has 0 saturated heterocycles. The van der Waals surface area contributed by atoms with Crippen LogP contribution in [0.3, 0.4) is 0 Å². The molecule has 4 N–H and O–H groups in total. The van der Waals surface area contributed by atoms with Crippen LogP contribution in [0.5, 0.6) is 0 Å². The predicted octanol–water partition coefficient (Wildman–Crippen LogP) is 1.96. The van der Waals surface area contributed by atoms with Gasteiger partial charge in [-0.25, -0.2) is 0 Å². The van der Waals surface area contributed by atoms with Gasteiger partial charge in [-0.3, -0.25) is 14.4 Å². The van der Waals surface area contributed by atoms with Gasteiger partial charge in [0, 0.05) is 18.4 Å². The van der Waals surface area contributed by atoms with Crippen molar-refractivity contribution in [1.82, 2.24) is 10.6 Å². The molecule has 6 nitrogen and oxygen atoms in total. The molecule has 1 aromatic rings. The molecule has 27 heavy (non-hydrogen) atoms. The molecule has 0 fully saturated rings. The highest BCUT2D eigenvalue weighted by atomic mass is 16.2. The van der Waals surface area contributed by atoms with Gasteiger partial charge in [-0.2, -0.15) is 0 Å². The minimum absolute atomic E-state index is 0.00639. The van der Waals surface area contributed by atoms with Gasteiger partial charge in [-0.05, 0) is 45.2 Å². The van der Waals surface area contributed by atoms with Crippen LogP contribution in [0.1, 0.15) is 52.5 Å². The van der Waals surface area contributed by atoms with Gasteiger partial charge < -0.3 is 16.4 Å². The summed E-state index contributed by atoms with van der Waals surface area (Å²) in [6.45, 7) is 7.88. The fourth-order valence-electron chi connectivity index (χ4n) is 2.64. The van der Waals surface area contributed by atoms with Gasteiger partial charge >= 0.3 is 0 Å². The molecule has 1 rings (SSSR count). The van der Waals surface area contributed by atoms with Gasteiger partial charge in [-0.1, -0.05) is 37.3 Å². The van der Waals surface area contributed by atoms with Gasteiger partial charge in [-0.15, -0.1) is 0 Å². The number of hydrogen-bond acceptors (Lipinski definition) is 4. The lowest BCUT2D eigenvalue weighted by atomic mass is 9.97. The first-order valence-electron chi connectivity index (χ1n) is 9.47. The lowest BCUT2D eigenvalue weighted by molar-refractivity contribution is -0.131. The van der Waals surface area contributed by atoms with Crippen molar-refractivity contribution in [2.45, 2.75) is 65.0 Å². The van der Waals surface area contributed by atoms with E-state index in [2.05, 4.69) is 10.6 Å². The molecule has 0 radical (unpaired) electrons. The number of Topliss-reactive ketones (excluding diaryl/α,β-unsaturated/α-hetero) is 1. The lowest BCUT2D eigenvalue weighted by Gasteiger charge is -2.24. The summed E-state index contributed by atoms with van der Waals surface area (Å²) in [6, 6.07) is 8.84. The van der Waals surface area contributed by atoms with Crippen LogP contribution in [-0.4, -0.2) is 35.7 Å². The van der Waals surface area contributed by atoms with Gasteiger partial charge in [0.15, 0.2) is 5.78 Å². The fourth-order valence-corrected chi connectivity index (χ4v) is 2.64. The zero-order chi connectivity index (χ0) is 20.4. The monoisotopic (exact) mass is 375 g/mol. The van der Waals surface area contributed by atoms with E-state index < -0.39 is 11.6 Å². The van der Waals surface area contributed by atoms with Crippen LogP contribution in [0.15, 0.2) is 30.3 Å². The summed E-state index contributed by atoms with van der Waals surface area (Å²) in [4.78, 5) is 37.2. The second-order valence-electron chi connectivity index (χ2n) is 8.12. The molecule has 1 unspecified atom stereocenters. The molecule has 0 bridgehead atoms. The standard InChI is InChI=1S/C21H33N3O3/c1-15(14-22)12-18(25)17(13-20(27)24-21(2,3)4)23-19(26)11-10-16-8-6-5-7-9-16/h5-9,15,17H,10-14,22H2,1-4H3,(H,23,26)(H,24,27)/t15?,17-/m0/s1. The summed E-state index contributed by atoms with van der Waals surface area (Å²) < 4.78 is 0. The highest BCUT2D eigenvalue weighted by Crippen LogP contribution is 2.09. The van der Waals surface area contributed by atoms with Gasteiger partial charge in [0.25, 0.3) is 0 Å². The van der Waals surface area contributed by atoms with Crippen molar-refractivity contribution in [3.8, 4) is 0 Å². The molecule has 0 aliphatic carbocycles. The Morgan fingerprint density at radius 1 is 1.04 bits per heavy atom. The zero-order valence-electron chi connectivity index (χ0n) is 16.9. The van der Waals surface area contributed by atoms with Crippen molar-refractivity contribution < 1.29 is 14.4 Å². The first-order valence-corrected chi connectivity index (χ1v) is 9.47. The number of ketones is 1. The molecule has 0 spiro atoms. The first kappa shape index (κ1) is 22.8. The highest BCUT2D eigenvalue weighted by Gasteiger charge is 2.26. The fraction of sp³-hybridized carbons (Fsp3) is 0.571. The summed E-state index contributed by atoms with van der Waals surface area (Å²) in [5, 5.41) is 5.58. The van der Waals surface area contributed by atoms with Crippen molar-refractivity contribution in [3.05, 3.63) is 35.9 Å². The number of nitrogens with one attached hydrogen (secondary N) is 2. The summed E-state index contributed by atoms with van der Waals surface area (Å²) in [6.07, 6.45) is 1.02. The predicted molar refractivity (Wildman–Crippen MR) is 107 cm³/mol. The number of nitrogens with two attached hydrogens (primary N) is 1. The third-order valence-corrected chi connectivity index (χ3v) is 4.06. The maximum Gasteiger partial charge on any atom is 0.222 e. The number of rotatable bonds is 10. The molecule has 0 aliphatic heterocycles. The molecule has 1 aromatic carbocycles. The minimum Gasteiger partial charge on any atom is -0.351 e. The molecule has 2 amide bonds. The number of amides is 2. The molecule has 0 aromatic heterocycles. The maximum absolute atomic E-state index is 12.6. The van der Waals surface area contributed by atoms with Crippen LogP contribution in [0.2, 0.25) is 0 Å². The summed E-state index contributed by atoms with van der Waals surface area (Å²) >= 11 is 0. The minimum atomic E-state index is -0.829. The summed E-state index contributed by atoms with van der Waals surface area (Å²) in [5.41, 5.74) is 6.26. The third-order valence-electron chi connectivity index (χ3n) is 4.06. The summed E-state index contributed by atoms with van der Waals surface area (Å²) in [5.74, 6) is -0.650. The molecule has 0 aliphatic rings. The van der Waals surface area contributed by atoms with Crippen molar-refractivity contribution >= 4 is 17.6 Å². The van der Waals surface area contributed by atoms with Crippen LogP contribution < -0.4 is 16.4 Å². The number of carbonyl (C=O) groups excluding carboxylic acids is 3. The van der Waals surface area contributed by atoms with Crippen LogP contribution in [-0.2, 0) is 20.8 Å². The highest BCUT2D eigenvalue weighted by molar-refractivity contribution is 5.93. The van der Waals surface area contributed by atoms with E-state index in [1.54, 1.807) is 0 Å². The maximum atomic E-state index is 12.6. The Morgan fingerprint density at radius 2 is 1.67 bits per heavy atom. The van der Waals surface area contributed by atoms with E-state index in [0.717, 1.165) is 5.56 Å². The SMILES string of the molecule is CC(CN)CC(=O)[C@H](CC(=O)NC(C)(C)C)NC(=O)CCc1ccccc1.